The molecule has 0 radical (unpaired) electrons. The van der Waals surface area contributed by atoms with Crippen LogP contribution in [0, 0.1) is 11.3 Å². The van der Waals surface area contributed by atoms with Crippen LogP contribution in [0.15, 0.2) is 0 Å². The lowest BCUT2D eigenvalue weighted by molar-refractivity contribution is -0.137. The van der Waals surface area contributed by atoms with E-state index in [0.29, 0.717) is 13.0 Å². The van der Waals surface area contributed by atoms with E-state index in [-0.39, 0.29) is 23.7 Å². The van der Waals surface area contributed by atoms with E-state index in [1.807, 2.05) is 0 Å². The second-order valence-corrected chi connectivity index (χ2v) is 5.58. The standard InChI is InChI=1S/C13H23NO3/c1-13(2)8-4-3-6-10(13)12(17)14-9-5-7-11(15)16/h10H,3-9H2,1-2H3,(H,14,17)(H,15,16). The van der Waals surface area contributed by atoms with Crippen molar-refractivity contribution in [3.8, 4) is 0 Å². The lowest BCUT2D eigenvalue weighted by Gasteiger charge is -2.37. The first-order valence-electron chi connectivity index (χ1n) is 6.43. The molecule has 4 nitrogen and oxygen atoms in total. The monoisotopic (exact) mass is 241 g/mol. The number of amides is 1. The minimum atomic E-state index is -0.808. The molecule has 0 aromatic carbocycles. The van der Waals surface area contributed by atoms with Gasteiger partial charge in [-0.1, -0.05) is 26.7 Å². The van der Waals surface area contributed by atoms with Crippen molar-refractivity contribution in [3.63, 3.8) is 0 Å². The Morgan fingerprint density at radius 1 is 1.35 bits per heavy atom. The summed E-state index contributed by atoms with van der Waals surface area (Å²) in [5, 5.41) is 11.4. The molecule has 0 aromatic rings. The molecule has 0 spiro atoms. The fourth-order valence-corrected chi connectivity index (χ4v) is 2.55. The topological polar surface area (TPSA) is 66.4 Å². The fraction of sp³-hybridized carbons (Fsp3) is 0.846. The van der Waals surface area contributed by atoms with Gasteiger partial charge in [0.1, 0.15) is 0 Å². The van der Waals surface area contributed by atoms with Crippen LogP contribution in [0.4, 0.5) is 0 Å². The Labute approximate surface area is 103 Å². The molecule has 1 atom stereocenters. The van der Waals surface area contributed by atoms with Crippen molar-refractivity contribution in [1.29, 1.82) is 0 Å². The van der Waals surface area contributed by atoms with Crippen molar-refractivity contribution < 1.29 is 14.7 Å². The Kier molecular flexibility index (Phi) is 4.97. The number of carbonyl (C=O) groups excluding carboxylic acids is 1. The van der Waals surface area contributed by atoms with Gasteiger partial charge in [-0.05, 0) is 24.7 Å². The average Bonchev–Trinajstić information content (AvgIpc) is 2.23. The van der Waals surface area contributed by atoms with Gasteiger partial charge in [-0.2, -0.15) is 0 Å². The summed E-state index contributed by atoms with van der Waals surface area (Å²) in [6.07, 6.45) is 5.01. The number of carboxylic acid groups (broad SMARTS) is 1. The van der Waals surface area contributed by atoms with Gasteiger partial charge in [-0.3, -0.25) is 9.59 Å². The first-order valence-corrected chi connectivity index (χ1v) is 6.43. The quantitative estimate of drug-likeness (QED) is 0.725. The van der Waals surface area contributed by atoms with E-state index in [9.17, 15) is 9.59 Å². The van der Waals surface area contributed by atoms with Gasteiger partial charge in [0.05, 0.1) is 0 Å². The van der Waals surface area contributed by atoms with E-state index in [2.05, 4.69) is 19.2 Å². The SMILES string of the molecule is CC1(C)CCCCC1C(=O)NCCCC(=O)O. The Morgan fingerprint density at radius 2 is 2.06 bits per heavy atom. The van der Waals surface area contributed by atoms with E-state index in [1.165, 1.54) is 6.42 Å². The molecule has 0 saturated heterocycles. The molecule has 0 aromatic heterocycles. The third-order valence-corrected chi connectivity index (χ3v) is 3.69. The zero-order chi connectivity index (χ0) is 12.9. The molecule has 1 fully saturated rings. The minimum Gasteiger partial charge on any atom is -0.481 e. The van der Waals surface area contributed by atoms with Crippen molar-refractivity contribution in [3.05, 3.63) is 0 Å². The molecular formula is C13H23NO3. The second kappa shape index (κ2) is 6.03. The van der Waals surface area contributed by atoms with Crippen molar-refractivity contribution in [2.24, 2.45) is 11.3 Å². The normalized spacial score (nSPS) is 23.1. The number of aliphatic carboxylic acids is 1. The van der Waals surface area contributed by atoms with Gasteiger partial charge in [0.2, 0.25) is 5.91 Å². The number of rotatable bonds is 5. The molecule has 1 rings (SSSR count). The Hall–Kier alpha value is -1.06. The number of hydrogen-bond acceptors (Lipinski definition) is 2. The summed E-state index contributed by atoms with van der Waals surface area (Å²) >= 11 is 0. The zero-order valence-electron chi connectivity index (χ0n) is 10.8. The molecule has 98 valence electrons. The Morgan fingerprint density at radius 3 is 2.65 bits per heavy atom. The van der Waals surface area contributed by atoms with Crippen molar-refractivity contribution in [2.45, 2.75) is 52.4 Å². The number of hydrogen-bond donors (Lipinski definition) is 2. The minimum absolute atomic E-state index is 0.0785. The predicted octanol–water partition coefficient (Wildman–Crippen LogP) is 2.18. The molecule has 1 saturated carbocycles. The van der Waals surface area contributed by atoms with E-state index >= 15 is 0 Å². The third kappa shape index (κ3) is 4.36. The molecule has 1 aliphatic rings. The van der Waals surface area contributed by atoms with Crippen LogP contribution in [0.25, 0.3) is 0 Å². The van der Waals surface area contributed by atoms with Gasteiger partial charge in [-0.15, -0.1) is 0 Å². The summed E-state index contributed by atoms with van der Waals surface area (Å²) < 4.78 is 0. The summed E-state index contributed by atoms with van der Waals surface area (Å²) in [4.78, 5) is 22.3. The lowest BCUT2D eigenvalue weighted by atomic mass is 9.68. The first kappa shape index (κ1) is 14.0. The molecule has 1 amide bonds. The molecule has 1 aliphatic carbocycles. The van der Waals surface area contributed by atoms with E-state index in [4.69, 9.17) is 5.11 Å². The molecule has 0 heterocycles. The summed E-state index contributed by atoms with van der Waals surface area (Å²) in [6.45, 7) is 4.76. The highest BCUT2D eigenvalue weighted by Gasteiger charge is 2.36. The van der Waals surface area contributed by atoms with E-state index in [0.717, 1.165) is 19.3 Å². The number of carboxylic acids is 1. The lowest BCUT2D eigenvalue weighted by Crippen LogP contribution is -2.41. The smallest absolute Gasteiger partial charge is 0.303 e. The molecule has 17 heavy (non-hydrogen) atoms. The highest BCUT2D eigenvalue weighted by Crippen LogP contribution is 2.40. The zero-order valence-corrected chi connectivity index (χ0v) is 10.8. The molecule has 0 bridgehead atoms. The van der Waals surface area contributed by atoms with Gasteiger partial charge in [-0.25, -0.2) is 0 Å². The maximum atomic E-state index is 12.0. The molecule has 4 heteroatoms. The Balaban J connectivity index is 2.33. The predicted molar refractivity (Wildman–Crippen MR) is 65.6 cm³/mol. The molecule has 0 aliphatic heterocycles. The molecule has 2 N–H and O–H groups in total. The van der Waals surface area contributed by atoms with Crippen LogP contribution in [0.2, 0.25) is 0 Å². The van der Waals surface area contributed by atoms with E-state index < -0.39 is 5.97 Å². The number of carbonyl (C=O) groups is 2. The highest BCUT2D eigenvalue weighted by molar-refractivity contribution is 5.79. The summed E-state index contributed by atoms with van der Waals surface area (Å²) in [7, 11) is 0. The van der Waals surface area contributed by atoms with Crippen LogP contribution in [0.3, 0.4) is 0 Å². The summed E-state index contributed by atoms with van der Waals surface area (Å²) in [5.74, 6) is -0.626. The van der Waals surface area contributed by atoms with Gasteiger partial charge < -0.3 is 10.4 Å². The van der Waals surface area contributed by atoms with Gasteiger partial charge in [0.25, 0.3) is 0 Å². The fourth-order valence-electron chi connectivity index (χ4n) is 2.55. The van der Waals surface area contributed by atoms with Crippen LogP contribution >= 0.6 is 0 Å². The molecular weight excluding hydrogens is 218 g/mol. The largest absolute Gasteiger partial charge is 0.481 e. The summed E-state index contributed by atoms with van der Waals surface area (Å²) in [5.41, 5.74) is 0.0785. The second-order valence-electron chi connectivity index (χ2n) is 5.58. The molecule has 1 unspecified atom stereocenters. The van der Waals surface area contributed by atoms with Gasteiger partial charge >= 0.3 is 5.97 Å². The Bertz CT molecular complexity index is 286. The van der Waals surface area contributed by atoms with Crippen LogP contribution in [0.5, 0.6) is 0 Å². The van der Waals surface area contributed by atoms with Crippen LogP contribution in [0.1, 0.15) is 52.4 Å². The van der Waals surface area contributed by atoms with Crippen molar-refractivity contribution in [1.82, 2.24) is 5.32 Å². The van der Waals surface area contributed by atoms with Crippen molar-refractivity contribution in [2.75, 3.05) is 6.54 Å². The maximum absolute atomic E-state index is 12.0. The summed E-state index contributed by atoms with van der Waals surface area (Å²) in [6, 6.07) is 0. The van der Waals surface area contributed by atoms with Gasteiger partial charge in [0.15, 0.2) is 0 Å². The maximum Gasteiger partial charge on any atom is 0.303 e. The number of nitrogens with one attached hydrogen (secondary N) is 1. The third-order valence-electron chi connectivity index (χ3n) is 3.69. The van der Waals surface area contributed by atoms with Crippen molar-refractivity contribution >= 4 is 11.9 Å². The highest BCUT2D eigenvalue weighted by atomic mass is 16.4. The van der Waals surface area contributed by atoms with Gasteiger partial charge in [0, 0.05) is 18.9 Å². The van der Waals surface area contributed by atoms with Crippen LogP contribution < -0.4 is 5.32 Å². The van der Waals surface area contributed by atoms with E-state index in [1.54, 1.807) is 0 Å². The first-order chi connectivity index (χ1) is 7.93. The average molecular weight is 241 g/mol. The van der Waals surface area contributed by atoms with Crippen LogP contribution in [-0.4, -0.2) is 23.5 Å². The van der Waals surface area contributed by atoms with Crippen LogP contribution in [-0.2, 0) is 9.59 Å².